The second-order valence-electron chi connectivity index (χ2n) is 2.73. The molecule has 0 aliphatic carbocycles. The van der Waals surface area contributed by atoms with Gasteiger partial charge < -0.3 is 10.5 Å². The molecule has 0 aliphatic heterocycles. The van der Waals surface area contributed by atoms with Crippen molar-refractivity contribution in [2.75, 3.05) is 12.8 Å². The van der Waals surface area contributed by atoms with Crippen molar-refractivity contribution in [2.45, 2.75) is 0 Å². The van der Waals surface area contributed by atoms with Crippen LogP contribution in [0.5, 0.6) is 0 Å². The quantitative estimate of drug-likeness (QED) is 0.462. The van der Waals surface area contributed by atoms with Crippen molar-refractivity contribution in [1.29, 1.82) is 0 Å². The Morgan fingerprint density at radius 2 is 2.07 bits per heavy atom. The summed E-state index contributed by atoms with van der Waals surface area (Å²) in [5.74, 6) is -2.86. The van der Waals surface area contributed by atoms with E-state index in [2.05, 4.69) is 4.74 Å². The minimum absolute atomic E-state index is 0.0629. The molecule has 0 fully saturated rings. The normalized spacial score (nSPS) is 10.6. The zero-order valence-corrected chi connectivity index (χ0v) is 7.96. The van der Waals surface area contributed by atoms with E-state index < -0.39 is 17.6 Å². The number of anilines is 1. The van der Waals surface area contributed by atoms with Crippen LogP contribution in [0.15, 0.2) is 18.2 Å². The molecule has 0 amide bonds. The van der Waals surface area contributed by atoms with Crippen LogP contribution in [0.2, 0.25) is 0 Å². The first-order valence-corrected chi connectivity index (χ1v) is 4.05. The van der Waals surface area contributed by atoms with Crippen LogP contribution in [-0.4, -0.2) is 13.1 Å². The second-order valence-corrected chi connectivity index (χ2v) is 2.73. The fourth-order valence-corrected chi connectivity index (χ4v) is 0.934. The second kappa shape index (κ2) is 4.54. The Hall–Kier alpha value is -1.91. The number of halogens is 2. The highest BCUT2D eigenvalue weighted by atomic mass is 19.2. The molecule has 0 unspecified atom stereocenters. The van der Waals surface area contributed by atoms with E-state index >= 15 is 0 Å². The molecule has 0 spiro atoms. The summed E-state index contributed by atoms with van der Waals surface area (Å²) in [6.45, 7) is 0. The molecule has 80 valence electrons. The van der Waals surface area contributed by atoms with Gasteiger partial charge in [0.25, 0.3) is 0 Å². The van der Waals surface area contributed by atoms with Crippen molar-refractivity contribution >= 4 is 17.7 Å². The van der Waals surface area contributed by atoms with Crippen molar-refractivity contribution in [3.8, 4) is 0 Å². The van der Waals surface area contributed by atoms with E-state index in [0.29, 0.717) is 0 Å². The molecule has 0 aliphatic rings. The molecule has 1 aromatic rings. The van der Waals surface area contributed by atoms with Gasteiger partial charge in [0.2, 0.25) is 0 Å². The average Bonchev–Trinajstić information content (AvgIpc) is 2.24. The van der Waals surface area contributed by atoms with Gasteiger partial charge in [0, 0.05) is 11.6 Å². The first-order chi connectivity index (χ1) is 7.06. The molecule has 0 aromatic heterocycles. The third-order valence-corrected chi connectivity index (χ3v) is 1.74. The van der Waals surface area contributed by atoms with Crippen LogP contribution < -0.4 is 5.73 Å². The Bertz CT molecular complexity index is 416. The van der Waals surface area contributed by atoms with Crippen molar-refractivity contribution in [2.24, 2.45) is 0 Å². The third-order valence-electron chi connectivity index (χ3n) is 1.74. The van der Waals surface area contributed by atoms with Gasteiger partial charge in [0.1, 0.15) is 0 Å². The number of ether oxygens (including phenoxy) is 1. The molecular formula is C10H9F2NO2. The van der Waals surface area contributed by atoms with Gasteiger partial charge in [-0.15, -0.1) is 0 Å². The number of rotatable bonds is 2. The van der Waals surface area contributed by atoms with E-state index in [1.54, 1.807) is 0 Å². The molecule has 5 heteroatoms. The van der Waals surface area contributed by atoms with Crippen molar-refractivity contribution in [3.63, 3.8) is 0 Å². The molecule has 0 bridgehead atoms. The van der Waals surface area contributed by atoms with Gasteiger partial charge in [-0.05, 0) is 18.2 Å². The Kier molecular flexibility index (Phi) is 3.38. The van der Waals surface area contributed by atoms with E-state index in [1.807, 2.05) is 0 Å². The van der Waals surface area contributed by atoms with Gasteiger partial charge in [0.05, 0.1) is 12.8 Å². The van der Waals surface area contributed by atoms with Crippen LogP contribution in [-0.2, 0) is 9.53 Å². The van der Waals surface area contributed by atoms with Crippen LogP contribution in [0.1, 0.15) is 5.56 Å². The first-order valence-electron chi connectivity index (χ1n) is 4.05. The summed E-state index contributed by atoms with van der Waals surface area (Å²) in [6, 6.07) is 2.49. The zero-order valence-electron chi connectivity index (χ0n) is 7.96. The van der Waals surface area contributed by atoms with Gasteiger partial charge in [-0.25, -0.2) is 13.6 Å². The molecule has 2 N–H and O–H groups in total. The minimum Gasteiger partial charge on any atom is -0.466 e. The smallest absolute Gasteiger partial charge is 0.330 e. The average molecular weight is 213 g/mol. The number of nitrogens with two attached hydrogens (primary N) is 1. The number of benzene rings is 1. The monoisotopic (exact) mass is 213 g/mol. The number of carbonyl (C=O) groups is 1. The summed E-state index contributed by atoms with van der Waals surface area (Å²) >= 11 is 0. The number of carbonyl (C=O) groups excluding carboxylic acids is 1. The van der Waals surface area contributed by atoms with Crippen LogP contribution >= 0.6 is 0 Å². The molecule has 1 rings (SSSR count). The highest BCUT2D eigenvalue weighted by Crippen LogP contribution is 2.18. The Labute approximate surface area is 85.1 Å². The van der Waals surface area contributed by atoms with E-state index in [4.69, 9.17) is 5.73 Å². The molecule has 0 saturated heterocycles. The molecule has 0 atom stereocenters. The van der Waals surface area contributed by atoms with Gasteiger partial charge in [-0.1, -0.05) is 0 Å². The number of hydrogen-bond acceptors (Lipinski definition) is 3. The summed E-state index contributed by atoms with van der Waals surface area (Å²) in [4.78, 5) is 10.7. The van der Waals surface area contributed by atoms with E-state index in [-0.39, 0.29) is 11.3 Å². The maximum Gasteiger partial charge on any atom is 0.330 e. The SMILES string of the molecule is COC(=O)C=Cc1ccc(N)c(F)c1F. The lowest BCUT2D eigenvalue weighted by Gasteiger charge is -2.00. The summed E-state index contributed by atoms with van der Waals surface area (Å²) < 4.78 is 30.4. The summed E-state index contributed by atoms with van der Waals surface area (Å²) in [7, 11) is 1.19. The van der Waals surface area contributed by atoms with Crippen molar-refractivity contribution in [1.82, 2.24) is 0 Å². The highest BCUT2D eigenvalue weighted by Gasteiger charge is 2.09. The van der Waals surface area contributed by atoms with Gasteiger partial charge >= 0.3 is 5.97 Å². The Balaban J connectivity index is 3.02. The largest absolute Gasteiger partial charge is 0.466 e. The lowest BCUT2D eigenvalue weighted by molar-refractivity contribution is -0.134. The van der Waals surface area contributed by atoms with Crippen LogP contribution in [0, 0.1) is 11.6 Å². The maximum absolute atomic E-state index is 13.2. The molecule has 0 radical (unpaired) electrons. The van der Waals surface area contributed by atoms with E-state index in [0.717, 1.165) is 12.2 Å². The molecule has 3 nitrogen and oxygen atoms in total. The number of methoxy groups -OCH3 is 1. The summed E-state index contributed by atoms with van der Waals surface area (Å²) in [5, 5.41) is 0. The molecule has 0 saturated carbocycles. The topological polar surface area (TPSA) is 52.3 Å². The molecular weight excluding hydrogens is 204 g/mol. The number of nitrogen functional groups attached to an aromatic ring is 1. The standard InChI is InChI=1S/C10H9F2NO2/c1-15-8(14)5-3-6-2-4-7(13)10(12)9(6)11/h2-5H,13H2,1H3. The van der Waals surface area contributed by atoms with E-state index in [1.165, 1.54) is 19.2 Å². The predicted octanol–water partition coefficient (Wildman–Crippen LogP) is 1.73. The zero-order chi connectivity index (χ0) is 11.4. The van der Waals surface area contributed by atoms with Crippen LogP contribution in [0.4, 0.5) is 14.5 Å². The number of esters is 1. The Morgan fingerprint density at radius 1 is 1.40 bits per heavy atom. The first kappa shape index (κ1) is 11.2. The summed E-state index contributed by atoms with van der Waals surface area (Å²) in [6.07, 6.45) is 2.11. The van der Waals surface area contributed by atoms with Gasteiger partial charge in [-0.2, -0.15) is 0 Å². The third kappa shape index (κ3) is 2.52. The van der Waals surface area contributed by atoms with Gasteiger partial charge in [0.15, 0.2) is 11.6 Å². The molecule has 1 aromatic carbocycles. The lowest BCUT2D eigenvalue weighted by atomic mass is 10.1. The highest BCUT2D eigenvalue weighted by molar-refractivity contribution is 5.87. The van der Waals surface area contributed by atoms with Crippen molar-refractivity contribution < 1.29 is 18.3 Å². The fourth-order valence-electron chi connectivity index (χ4n) is 0.934. The minimum atomic E-state index is -1.12. The molecule has 0 heterocycles. The van der Waals surface area contributed by atoms with Gasteiger partial charge in [-0.3, -0.25) is 0 Å². The van der Waals surface area contributed by atoms with Crippen LogP contribution in [0.3, 0.4) is 0 Å². The Morgan fingerprint density at radius 3 is 2.67 bits per heavy atom. The fraction of sp³-hybridized carbons (Fsp3) is 0.100. The summed E-state index contributed by atoms with van der Waals surface area (Å²) in [5.41, 5.74) is 4.80. The maximum atomic E-state index is 13.2. The van der Waals surface area contributed by atoms with Crippen molar-refractivity contribution in [3.05, 3.63) is 35.4 Å². The van der Waals surface area contributed by atoms with Crippen LogP contribution in [0.25, 0.3) is 6.08 Å². The predicted molar refractivity (Wildman–Crippen MR) is 51.8 cm³/mol. The lowest BCUT2D eigenvalue weighted by Crippen LogP contribution is -1.97. The van der Waals surface area contributed by atoms with E-state index in [9.17, 15) is 13.6 Å². The number of hydrogen-bond donors (Lipinski definition) is 1. The molecule has 15 heavy (non-hydrogen) atoms.